The fourth-order valence-corrected chi connectivity index (χ4v) is 2.16. The van der Waals surface area contributed by atoms with E-state index in [2.05, 4.69) is 5.32 Å². The van der Waals surface area contributed by atoms with E-state index in [0.717, 1.165) is 0 Å². The van der Waals surface area contributed by atoms with Crippen LogP contribution in [0.3, 0.4) is 0 Å². The van der Waals surface area contributed by atoms with Gasteiger partial charge < -0.3 is 10.4 Å². The van der Waals surface area contributed by atoms with Crippen LogP contribution in [0.1, 0.15) is 28.8 Å². The molecule has 118 valence electrons. The lowest BCUT2D eigenvalue weighted by Crippen LogP contribution is -2.16. The van der Waals surface area contributed by atoms with Gasteiger partial charge in [-0.3, -0.25) is 14.4 Å². The Morgan fingerprint density at radius 1 is 1.00 bits per heavy atom. The number of hydrogen-bond acceptors (Lipinski definition) is 3. The standard InChI is InChI=1S/C17H14ClNO4/c18-12-6-7-14(19-15(20)8-9-16(21)22)13(10-12)17(23)11-4-2-1-3-5-11/h1-7,10H,8-9H2,(H,19,20)(H,21,22). The summed E-state index contributed by atoms with van der Waals surface area (Å²) >= 11 is 5.94. The second-order valence-electron chi connectivity index (χ2n) is 4.83. The molecule has 0 fully saturated rings. The van der Waals surface area contributed by atoms with Crippen LogP contribution in [0, 0.1) is 0 Å². The van der Waals surface area contributed by atoms with Gasteiger partial charge in [0, 0.05) is 22.6 Å². The first-order valence-corrected chi connectivity index (χ1v) is 7.26. The lowest BCUT2D eigenvalue weighted by molar-refractivity contribution is -0.138. The van der Waals surface area contributed by atoms with Gasteiger partial charge in [-0.15, -0.1) is 0 Å². The SMILES string of the molecule is O=C(O)CCC(=O)Nc1ccc(Cl)cc1C(=O)c1ccccc1. The summed E-state index contributed by atoms with van der Waals surface area (Å²) in [5.74, 6) is -1.81. The quantitative estimate of drug-likeness (QED) is 0.795. The van der Waals surface area contributed by atoms with Crippen LogP contribution in [-0.4, -0.2) is 22.8 Å². The Hall–Kier alpha value is -2.66. The van der Waals surface area contributed by atoms with Crippen molar-refractivity contribution < 1.29 is 19.5 Å². The van der Waals surface area contributed by atoms with Crippen molar-refractivity contribution in [3.63, 3.8) is 0 Å². The molecule has 0 saturated carbocycles. The molecule has 0 unspecified atom stereocenters. The normalized spacial score (nSPS) is 10.1. The second kappa shape index (κ2) is 7.56. The van der Waals surface area contributed by atoms with E-state index >= 15 is 0 Å². The van der Waals surface area contributed by atoms with Gasteiger partial charge in [0.05, 0.1) is 12.1 Å². The van der Waals surface area contributed by atoms with Crippen LogP contribution in [0.15, 0.2) is 48.5 Å². The molecule has 6 heteroatoms. The summed E-state index contributed by atoms with van der Waals surface area (Å²) in [6.07, 6.45) is -0.446. The summed E-state index contributed by atoms with van der Waals surface area (Å²) in [7, 11) is 0. The molecular formula is C17H14ClNO4. The molecule has 2 rings (SSSR count). The Balaban J connectivity index is 2.26. The number of anilines is 1. The van der Waals surface area contributed by atoms with Crippen molar-refractivity contribution in [1.82, 2.24) is 0 Å². The molecule has 0 aromatic heterocycles. The van der Waals surface area contributed by atoms with Gasteiger partial charge in [-0.2, -0.15) is 0 Å². The van der Waals surface area contributed by atoms with E-state index in [1.807, 2.05) is 0 Å². The van der Waals surface area contributed by atoms with E-state index in [0.29, 0.717) is 16.3 Å². The molecule has 0 spiro atoms. The highest BCUT2D eigenvalue weighted by atomic mass is 35.5. The third kappa shape index (κ3) is 4.66. The summed E-state index contributed by atoms with van der Waals surface area (Å²) in [6.45, 7) is 0. The number of ketones is 1. The highest BCUT2D eigenvalue weighted by Crippen LogP contribution is 2.24. The van der Waals surface area contributed by atoms with Gasteiger partial charge in [0.15, 0.2) is 5.78 Å². The summed E-state index contributed by atoms with van der Waals surface area (Å²) in [5, 5.41) is 11.5. The number of carbonyl (C=O) groups excluding carboxylic acids is 2. The molecule has 0 bridgehead atoms. The number of amides is 1. The Morgan fingerprint density at radius 2 is 1.70 bits per heavy atom. The maximum Gasteiger partial charge on any atom is 0.303 e. The van der Waals surface area contributed by atoms with Gasteiger partial charge in [-0.25, -0.2) is 0 Å². The van der Waals surface area contributed by atoms with Crippen molar-refractivity contribution in [2.24, 2.45) is 0 Å². The minimum absolute atomic E-state index is 0.170. The smallest absolute Gasteiger partial charge is 0.303 e. The Morgan fingerprint density at radius 3 is 2.35 bits per heavy atom. The van der Waals surface area contributed by atoms with Crippen molar-refractivity contribution in [3.05, 3.63) is 64.7 Å². The van der Waals surface area contributed by atoms with E-state index < -0.39 is 11.9 Å². The van der Waals surface area contributed by atoms with Gasteiger partial charge in [0.1, 0.15) is 0 Å². The molecule has 0 heterocycles. The maximum atomic E-state index is 12.6. The average Bonchev–Trinajstić information content (AvgIpc) is 2.54. The molecule has 2 N–H and O–H groups in total. The Labute approximate surface area is 137 Å². The van der Waals surface area contributed by atoms with Gasteiger partial charge in [0.25, 0.3) is 0 Å². The number of carboxylic acids is 1. The van der Waals surface area contributed by atoms with E-state index in [9.17, 15) is 14.4 Å². The number of benzene rings is 2. The number of carboxylic acid groups (broad SMARTS) is 1. The molecule has 0 aliphatic heterocycles. The van der Waals surface area contributed by atoms with Crippen molar-refractivity contribution in [2.45, 2.75) is 12.8 Å². The highest BCUT2D eigenvalue weighted by molar-refractivity contribution is 6.31. The average molecular weight is 332 g/mol. The lowest BCUT2D eigenvalue weighted by Gasteiger charge is -2.11. The minimum Gasteiger partial charge on any atom is -0.481 e. The van der Waals surface area contributed by atoms with Gasteiger partial charge in [-0.05, 0) is 18.2 Å². The fourth-order valence-electron chi connectivity index (χ4n) is 1.99. The summed E-state index contributed by atoms with van der Waals surface area (Å²) in [4.78, 5) is 34.9. The second-order valence-corrected chi connectivity index (χ2v) is 5.26. The molecule has 1 amide bonds. The number of hydrogen-bond donors (Lipinski definition) is 2. The number of aliphatic carboxylic acids is 1. The zero-order chi connectivity index (χ0) is 16.8. The third-order valence-electron chi connectivity index (χ3n) is 3.10. The summed E-state index contributed by atoms with van der Waals surface area (Å²) in [5.41, 5.74) is 1.03. The molecule has 5 nitrogen and oxygen atoms in total. The predicted molar refractivity (Wildman–Crippen MR) is 86.8 cm³/mol. The number of halogens is 1. The summed E-state index contributed by atoms with van der Waals surface area (Å²) < 4.78 is 0. The Kier molecular flexibility index (Phi) is 5.49. The first-order chi connectivity index (χ1) is 11.0. The molecule has 23 heavy (non-hydrogen) atoms. The van der Waals surface area contributed by atoms with Crippen molar-refractivity contribution >= 4 is 34.9 Å². The third-order valence-corrected chi connectivity index (χ3v) is 3.34. The number of carbonyl (C=O) groups is 3. The van der Waals surface area contributed by atoms with Gasteiger partial charge in [-0.1, -0.05) is 41.9 Å². The van der Waals surface area contributed by atoms with Crippen molar-refractivity contribution in [3.8, 4) is 0 Å². The Bertz CT molecular complexity index is 744. The fraction of sp³-hybridized carbons (Fsp3) is 0.118. The molecular weight excluding hydrogens is 318 g/mol. The molecule has 0 aliphatic carbocycles. The van der Waals surface area contributed by atoms with Gasteiger partial charge in [0.2, 0.25) is 5.91 Å². The maximum absolute atomic E-state index is 12.6. The van der Waals surface area contributed by atoms with Crippen LogP contribution >= 0.6 is 11.6 Å². The van der Waals surface area contributed by atoms with Crippen LogP contribution < -0.4 is 5.32 Å². The van der Waals surface area contributed by atoms with E-state index in [1.165, 1.54) is 12.1 Å². The van der Waals surface area contributed by atoms with Crippen molar-refractivity contribution in [2.75, 3.05) is 5.32 Å². The lowest BCUT2D eigenvalue weighted by atomic mass is 10.0. The zero-order valence-corrected chi connectivity index (χ0v) is 12.8. The largest absolute Gasteiger partial charge is 0.481 e. The van der Waals surface area contributed by atoms with E-state index in [-0.39, 0.29) is 24.2 Å². The molecule has 0 saturated heterocycles. The monoisotopic (exact) mass is 331 g/mol. The summed E-state index contributed by atoms with van der Waals surface area (Å²) in [6, 6.07) is 13.2. The molecule has 0 aliphatic rings. The van der Waals surface area contributed by atoms with Crippen LogP contribution in [-0.2, 0) is 9.59 Å². The van der Waals surface area contributed by atoms with Crippen LogP contribution in [0.2, 0.25) is 5.02 Å². The molecule has 0 radical (unpaired) electrons. The zero-order valence-electron chi connectivity index (χ0n) is 12.1. The van der Waals surface area contributed by atoms with Crippen LogP contribution in [0.25, 0.3) is 0 Å². The highest BCUT2D eigenvalue weighted by Gasteiger charge is 2.16. The van der Waals surface area contributed by atoms with Crippen molar-refractivity contribution in [1.29, 1.82) is 0 Å². The van der Waals surface area contributed by atoms with E-state index in [1.54, 1.807) is 36.4 Å². The molecule has 0 atom stereocenters. The minimum atomic E-state index is -1.06. The molecule has 2 aromatic carbocycles. The van der Waals surface area contributed by atoms with Gasteiger partial charge >= 0.3 is 5.97 Å². The first-order valence-electron chi connectivity index (χ1n) is 6.88. The number of nitrogens with one attached hydrogen (secondary N) is 1. The topological polar surface area (TPSA) is 83.5 Å². The van der Waals surface area contributed by atoms with Crippen LogP contribution in [0.5, 0.6) is 0 Å². The van der Waals surface area contributed by atoms with Crippen LogP contribution in [0.4, 0.5) is 5.69 Å². The first kappa shape index (κ1) is 16.7. The van der Waals surface area contributed by atoms with E-state index in [4.69, 9.17) is 16.7 Å². The predicted octanol–water partition coefficient (Wildman–Crippen LogP) is 3.37. The number of rotatable bonds is 6. The molecule has 2 aromatic rings.